The number of hydrogen-bond acceptors (Lipinski definition) is 8. The fourth-order valence-corrected chi connectivity index (χ4v) is 7.21. The Balaban J connectivity index is 1.57. The second-order valence-corrected chi connectivity index (χ2v) is 11.1. The number of carbonyl (C=O) groups is 3. The van der Waals surface area contributed by atoms with Crippen molar-refractivity contribution >= 4 is 56.3 Å². The lowest BCUT2D eigenvalue weighted by molar-refractivity contribution is -0.145. The predicted octanol–water partition coefficient (Wildman–Crippen LogP) is 6.78. The molecule has 1 saturated carbocycles. The molecule has 1 aromatic carbocycles. The largest absolute Gasteiger partial charge is 0.479 e. The topological polar surface area (TPSA) is 82.1 Å². The summed E-state index contributed by atoms with van der Waals surface area (Å²) in [5.74, 6) is -0.693. The minimum Gasteiger partial charge on any atom is -0.479 e. The monoisotopic (exact) mass is 551 g/mol. The highest BCUT2D eigenvalue weighted by molar-refractivity contribution is 7.22. The number of esters is 2. The second kappa shape index (κ2) is 11.5. The van der Waals surface area contributed by atoms with Crippen LogP contribution in [0.5, 0.6) is 5.75 Å². The zero-order chi connectivity index (χ0) is 26.6. The first kappa shape index (κ1) is 26.2. The van der Waals surface area contributed by atoms with E-state index in [-0.39, 0.29) is 25.2 Å². The van der Waals surface area contributed by atoms with Crippen molar-refractivity contribution in [2.24, 2.45) is 0 Å². The van der Waals surface area contributed by atoms with E-state index in [9.17, 15) is 14.4 Å². The van der Waals surface area contributed by atoms with Crippen LogP contribution in [-0.4, -0.2) is 44.2 Å². The Hall–Kier alpha value is -3.43. The molecule has 0 unspecified atom stereocenters. The van der Waals surface area contributed by atoms with Gasteiger partial charge in [-0.05, 0) is 49.6 Å². The molecule has 2 heterocycles. The number of hydrogen-bond donors (Lipinski definition) is 0. The Kier molecular flexibility index (Phi) is 7.95. The molecule has 2 aliphatic carbocycles. The molecule has 0 N–H and O–H groups in total. The van der Waals surface area contributed by atoms with Crippen molar-refractivity contribution in [1.82, 2.24) is 0 Å². The van der Waals surface area contributed by atoms with Crippen LogP contribution in [0, 0.1) is 0 Å². The third kappa shape index (κ3) is 5.13. The molecule has 5 rings (SSSR count). The van der Waals surface area contributed by atoms with Gasteiger partial charge in [-0.3, -0.25) is 4.79 Å². The zero-order valence-electron chi connectivity index (χ0n) is 21.4. The highest BCUT2D eigenvalue weighted by Crippen LogP contribution is 2.50. The second-order valence-electron chi connectivity index (χ2n) is 9.15. The lowest BCUT2D eigenvalue weighted by Gasteiger charge is -2.34. The van der Waals surface area contributed by atoms with Gasteiger partial charge in [0.2, 0.25) is 0 Å². The fraction of sp³-hybridized carbons (Fsp3) is 0.345. The highest BCUT2D eigenvalue weighted by Gasteiger charge is 2.31. The van der Waals surface area contributed by atoms with Crippen LogP contribution in [0.25, 0.3) is 20.5 Å². The van der Waals surface area contributed by atoms with Crippen LogP contribution >= 0.6 is 22.7 Å². The molecule has 1 amide bonds. The van der Waals surface area contributed by atoms with Gasteiger partial charge in [0.1, 0.15) is 0 Å². The van der Waals surface area contributed by atoms with E-state index in [1.165, 1.54) is 36.2 Å². The van der Waals surface area contributed by atoms with E-state index in [0.717, 1.165) is 51.9 Å². The van der Waals surface area contributed by atoms with Crippen molar-refractivity contribution in [3.05, 3.63) is 58.3 Å². The predicted molar refractivity (Wildman–Crippen MR) is 150 cm³/mol. The van der Waals surface area contributed by atoms with Crippen LogP contribution in [0.1, 0.15) is 59.1 Å². The van der Waals surface area contributed by atoms with Crippen molar-refractivity contribution in [2.75, 3.05) is 25.2 Å². The summed E-state index contributed by atoms with van der Waals surface area (Å²) in [6, 6.07) is 13.6. The highest BCUT2D eigenvalue weighted by atomic mass is 32.1. The Labute approximate surface area is 229 Å². The van der Waals surface area contributed by atoms with E-state index in [1.54, 1.807) is 6.92 Å². The van der Waals surface area contributed by atoms with E-state index < -0.39 is 11.9 Å². The molecule has 7 nitrogen and oxygen atoms in total. The fourth-order valence-electron chi connectivity index (χ4n) is 5.03. The summed E-state index contributed by atoms with van der Waals surface area (Å²) in [6.07, 6.45) is 5.37. The number of methoxy groups -OCH3 is 1. The van der Waals surface area contributed by atoms with Crippen LogP contribution in [0.15, 0.2) is 47.8 Å². The lowest BCUT2D eigenvalue weighted by atomic mass is 9.93. The van der Waals surface area contributed by atoms with Crippen LogP contribution in [-0.2, 0) is 14.3 Å². The van der Waals surface area contributed by atoms with Crippen molar-refractivity contribution in [3.8, 4) is 16.2 Å². The van der Waals surface area contributed by atoms with Crippen molar-refractivity contribution < 1.29 is 28.6 Å². The molecule has 0 radical (unpaired) electrons. The smallest absolute Gasteiger partial charge is 0.351 e. The third-order valence-electron chi connectivity index (χ3n) is 6.74. The van der Waals surface area contributed by atoms with E-state index in [2.05, 4.69) is 0 Å². The van der Waals surface area contributed by atoms with Gasteiger partial charge in [0, 0.05) is 26.6 Å². The summed E-state index contributed by atoms with van der Waals surface area (Å²) < 4.78 is 16.7. The van der Waals surface area contributed by atoms with E-state index in [1.807, 2.05) is 52.7 Å². The normalized spacial score (nSPS) is 13.9. The van der Waals surface area contributed by atoms with Gasteiger partial charge >= 0.3 is 11.9 Å². The number of amides is 1. The molecule has 1 aliphatic heterocycles. The van der Waals surface area contributed by atoms with Gasteiger partial charge in [0.25, 0.3) is 5.91 Å². The first-order valence-corrected chi connectivity index (χ1v) is 14.4. The summed E-state index contributed by atoms with van der Waals surface area (Å²) >= 11 is 2.77. The minimum absolute atomic E-state index is 0.00357. The molecule has 1 fully saturated rings. The summed E-state index contributed by atoms with van der Waals surface area (Å²) in [5, 5.41) is 2.77. The quantitative estimate of drug-likeness (QED) is 0.225. The standard InChI is InChI=1S/C29H29NO6S2/c1-3-35-23(31)16-36-25-24-22(38-27(25)29(33)34-2)15-19-14-21(17-37-26(19)24)30(20-12-8-5-9-13-20)28(32)18-10-6-4-7-11-18/h4,6-7,10-11,14-15,17,20H,3,5,8-9,12-13,16H2,1-2H3. The Morgan fingerprint density at radius 3 is 2.53 bits per heavy atom. The number of rotatable bonds is 8. The van der Waals surface area contributed by atoms with Gasteiger partial charge in [0.05, 0.1) is 24.8 Å². The average Bonchev–Trinajstić information content (AvgIpc) is 3.48. The van der Waals surface area contributed by atoms with Gasteiger partial charge in [-0.2, -0.15) is 0 Å². The van der Waals surface area contributed by atoms with Crippen LogP contribution < -0.4 is 9.64 Å². The Morgan fingerprint density at radius 2 is 1.82 bits per heavy atom. The van der Waals surface area contributed by atoms with Crippen molar-refractivity contribution in [3.63, 3.8) is 0 Å². The number of benzene rings is 1. The van der Waals surface area contributed by atoms with E-state index in [4.69, 9.17) is 14.2 Å². The number of nitrogens with zero attached hydrogens (tertiary/aromatic N) is 1. The molecule has 0 bridgehead atoms. The van der Waals surface area contributed by atoms with Crippen molar-refractivity contribution in [1.29, 1.82) is 0 Å². The number of anilines is 1. The minimum atomic E-state index is -0.517. The molecule has 198 valence electrons. The maximum atomic E-state index is 13.7. The summed E-state index contributed by atoms with van der Waals surface area (Å²) in [4.78, 5) is 41.4. The molecule has 38 heavy (non-hydrogen) atoms. The maximum Gasteiger partial charge on any atom is 0.351 e. The third-order valence-corrected chi connectivity index (χ3v) is 8.87. The van der Waals surface area contributed by atoms with Gasteiger partial charge in [-0.15, -0.1) is 22.7 Å². The average molecular weight is 552 g/mol. The van der Waals surface area contributed by atoms with Crippen LogP contribution in [0.4, 0.5) is 5.69 Å². The van der Waals surface area contributed by atoms with Gasteiger partial charge in [0.15, 0.2) is 17.2 Å². The van der Waals surface area contributed by atoms with Gasteiger partial charge in [-0.1, -0.05) is 37.5 Å². The van der Waals surface area contributed by atoms with Crippen molar-refractivity contribution in [2.45, 2.75) is 45.1 Å². The Morgan fingerprint density at radius 1 is 1.05 bits per heavy atom. The molecule has 0 spiro atoms. The SMILES string of the molecule is CCOC(=O)COc1c(C(=O)OC)sc2cc3cc(N(C(=O)c4ccccc4)C4CCCCC4)csc-3c12. The first-order valence-electron chi connectivity index (χ1n) is 12.7. The maximum absolute atomic E-state index is 13.7. The van der Waals surface area contributed by atoms with Crippen LogP contribution in [0.3, 0.4) is 0 Å². The molecule has 1 aromatic heterocycles. The lowest BCUT2D eigenvalue weighted by Crippen LogP contribution is -2.41. The summed E-state index contributed by atoms with van der Waals surface area (Å²) in [7, 11) is 1.32. The summed E-state index contributed by atoms with van der Waals surface area (Å²) in [6.45, 7) is 1.66. The molecule has 9 heteroatoms. The molecular formula is C29H29NO6S2. The van der Waals surface area contributed by atoms with E-state index in [0.29, 0.717) is 16.2 Å². The number of ether oxygens (including phenoxy) is 3. The first-order chi connectivity index (χ1) is 18.5. The Bertz CT molecular complexity index is 1420. The molecule has 3 aliphatic rings. The molecule has 2 aromatic rings. The summed E-state index contributed by atoms with van der Waals surface area (Å²) in [5.41, 5.74) is 2.49. The number of thiophene rings is 1. The van der Waals surface area contributed by atoms with Gasteiger partial charge < -0.3 is 19.1 Å². The number of carbonyl (C=O) groups excluding carboxylic acids is 3. The number of fused-ring (bicyclic) bond motifs is 3. The van der Waals surface area contributed by atoms with Gasteiger partial charge in [-0.25, -0.2) is 9.59 Å². The van der Waals surface area contributed by atoms with E-state index >= 15 is 0 Å². The molecule has 0 atom stereocenters. The van der Waals surface area contributed by atoms with Crippen LogP contribution in [0.2, 0.25) is 0 Å². The molecule has 0 saturated heterocycles. The zero-order valence-corrected chi connectivity index (χ0v) is 23.0. The molecular weight excluding hydrogens is 522 g/mol.